The summed E-state index contributed by atoms with van der Waals surface area (Å²) in [5, 5.41) is 0. The van der Waals surface area contributed by atoms with Gasteiger partial charge in [0.05, 0.1) is 5.41 Å². The Balaban J connectivity index is 1.24. The maximum Gasteiger partial charge on any atom is 0.164 e. The molecule has 2 aliphatic rings. The molecule has 0 N–H and O–H groups in total. The maximum absolute atomic E-state index is 5.18. The Hall–Kier alpha value is -5.93. The van der Waals surface area contributed by atoms with Crippen molar-refractivity contribution >= 4 is 5.57 Å². The lowest BCUT2D eigenvalue weighted by Crippen LogP contribution is -2.30. The molecule has 0 fully saturated rings. The van der Waals surface area contributed by atoms with E-state index in [2.05, 4.69) is 140 Å². The first-order chi connectivity index (χ1) is 24.3. The number of allylic oxidation sites excluding steroid dienone is 2. The highest BCUT2D eigenvalue weighted by Crippen LogP contribution is 2.58. The summed E-state index contributed by atoms with van der Waals surface area (Å²) in [5.41, 5.74) is 13.3. The van der Waals surface area contributed by atoms with Crippen molar-refractivity contribution in [2.45, 2.75) is 31.1 Å². The Morgan fingerprint density at radius 3 is 1.41 bits per heavy atom. The largest absolute Gasteiger partial charge is 0.208 e. The second-order valence-electron chi connectivity index (χ2n) is 13.0. The standard InChI is InChI=1S/C46H35N3/c1-5-15-32(16-6-1)33-25-27-35(28-26-33)44-47-43(34-17-7-2-8-18-34)48-45(49-44)36-29-30-40-39-23-13-14-24-41(39)46(42(40)31-36,37-19-9-3-10-20-37)38-21-11-4-12-22-38/h1-12,15-22,25-31H,13-14,23-24H2. The summed E-state index contributed by atoms with van der Waals surface area (Å²) in [7, 11) is 0. The van der Waals surface area contributed by atoms with Crippen LogP contribution in [0.25, 0.3) is 50.9 Å². The normalized spacial score (nSPS) is 14.7. The first-order valence-electron chi connectivity index (χ1n) is 17.3. The number of hydrogen-bond donors (Lipinski definition) is 0. The fourth-order valence-electron chi connectivity index (χ4n) is 8.03. The van der Waals surface area contributed by atoms with Crippen LogP contribution in [-0.4, -0.2) is 15.0 Å². The van der Waals surface area contributed by atoms with E-state index in [1.165, 1.54) is 46.2 Å². The molecule has 0 aliphatic heterocycles. The highest BCUT2D eigenvalue weighted by atomic mass is 15.0. The van der Waals surface area contributed by atoms with Crippen LogP contribution in [0.15, 0.2) is 169 Å². The summed E-state index contributed by atoms with van der Waals surface area (Å²) >= 11 is 0. The topological polar surface area (TPSA) is 38.7 Å². The van der Waals surface area contributed by atoms with Crippen molar-refractivity contribution < 1.29 is 0 Å². The molecule has 1 heterocycles. The average molecular weight is 630 g/mol. The molecule has 3 heteroatoms. The van der Waals surface area contributed by atoms with Crippen molar-refractivity contribution in [3.63, 3.8) is 0 Å². The van der Waals surface area contributed by atoms with Gasteiger partial charge in [-0.05, 0) is 76.3 Å². The smallest absolute Gasteiger partial charge is 0.164 e. The van der Waals surface area contributed by atoms with Crippen LogP contribution < -0.4 is 0 Å². The predicted molar refractivity (Wildman–Crippen MR) is 200 cm³/mol. The summed E-state index contributed by atoms with van der Waals surface area (Å²) in [5.74, 6) is 2.01. The summed E-state index contributed by atoms with van der Waals surface area (Å²) in [4.78, 5) is 15.3. The molecule has 0 saturated carbocycles. The van der Waals surface area contributed by atoms with E-state index in [0.29, 0.717) is 17.5 Å². The monoisotopic (exact) mass is 629 g/mol. The first kappa shape index (κ1) is 29.2. The zero-order chi connectivity index (χ0) is 32.6. The molecular weight excluding hydrogens is 595 g/mol. The van der Waals surface area contributed by atoms with Crippen LogP contribution in [0.5, 0.6) is 0 Å². The number of benzene rings is 6. The summed E-state index contributed by atoms with van der Waals surface area (Å²) in [6.45, 7) is 0. The molecule has 7 aromatic rings. The number of rotatable bonds is 6. The van der Waals surface area contributed by atoms with Gasteiger partial charge < -0.3 is 0 Å². The third-order valence-electron chi connectivity index (χ3n) is 10.3. The lowest BCUT2D eigenvalue weighted by molar-refractivity contribution is 0.633. The van der Waals surface area contributed by atoms with Crippen molar-refractivity contribution in [1.82, 2.24) is 15.0 Å². The van der Waals surface area contributed by atoms with Crippen LogP contribution in [0.1, 0.15) is 47.9 Å². The van der Waals surface area contributed by atoms with Gasteiger partial charge in [-0.3, -0.25) is 0 Å². The van der Waals surface area contributed by atoms with Crippen LogP contribution in [0.3, 0.4) is 0 Å². The van der Waals surface area contributed by atoms with Gasteiger partial charge in [-0.1, -0.05) is 158 Å². The van der Waals surface area contributed by atoms with E-state index in [9.17, 15) is 0 Å². The van der Waals surface area contributed by atoms with Crippen molar-refractivity contribution in [1.29, 1.82) is 0 Å². The quantitative estimate of drug-likeness (QED) is 0.184. The molecule has 1 aromatic heterocycles. The molecule has 0 atom stereocenters. The minimum atomic E-state index is -0.366. The lowest BCUT2D eigenvalue weighted by atomic mass is 9.65. The van der Waals surface area contributed by atoms with E-state index in [1.54, 1.807) is 5.57 Å². The van der Waals surface area contributed by atoms with E-state index in [4.69, 9.17) is 15.0 Å². The van der Waals surface area contributed by atoms with E-state index < -0.39 is 0 Å². The van der Waals surface area contributed by atoms with Gasteiger partial charge in [-0.2, -0.15) is 0 Å². The molecule has 49 heavy (non-hydrogen) atoms. The molecule has 0 radical (unpaired) electrons. The van der Waals surface area contributed by atoms with Gasteiger partial charge in [0.2, 0.25) is 0 Å². The van der Waals surface area contributed by atoms with Crippen molar-refractivity contribution in [3.05, 3.63) is 192 Å². The van der Waals surface area contributed by atoms with Crippen LogP contribution >= 0.6 is 0 Å². The Morgan fingerprint density at radius 2 is 0.816 bits per heavy atom. The fourth-order valence-corrected chi connectivity index (χ4v) is 8.03. The molecule has 0 bridgehead atoms. The number of fused-ring (bicyclic) bond motifs is 2. The van der Waals surface area contributed by atoms with Crippen molar-refractivity contribution in [3.8, 4) is 45.3 Å². The second kappa shape index (κ2) is 12.3. The third-order valence-corrected chi connectivity index (χ3v) is 10.3. The number of aromatic nitrogens is 3. The van der Waals surface area contributed by atoms with Crippen LogP contribution in [0, 0.1) is 0 Å². The highest BCUT2D eigenvalue weighted by Gasteiger charge is 2.48. The molecule has 0 unspecified atom stereocenters. The van der Waals surface area contributed by atoms with Gasteiger partial charge >= 0.3 is 0 Å². The van der Waals surface area contributed by atoms with Gasteiger partial charge in [0, 0.05) is 16.7 Å². The average Bonchev–Trinajstić information content (AvgIpc) is 3.49. The lowest BCUT2D eigenvalue weighted by Gasteiger charge is -2.37. The van der Waals surface area contributed by atoms with Gasteiger partial charge in [0.1, 0.15) is 0 Å². The van der Waals surface area contributed by atoms with E-state index in [-0.39, 0.29) is 5.41 Å². The van der Waals surface area contributed by atoms with E-state index in [0.717, 1.165) is 35.1 Å². The molecule has 0 spiro atoms. The number of nitrogens with zero attached hydrogens (tertiary/aromatic N) is 3. The van der Waals surface area contributed by atoms with Crippen molar-refractivity contribution in [2.24, 2.45) is 0 Å². The van der Waals surface area contributed by atoms with Gasteiger partial charge in [0.15, 0.2) is 17.5 Å². The van der Waals surface area contributed by atoms with Crippen LogP contribution in [0.2, 0.25) is 0 Å². The molecule has 234 valence electrons. The minimum Gasteiger partial charge on any atom is -0.208 e. The molecular formula is C46H35N3. The predicted octanol–water partition coefficient (Wildman–Crippen LogP) is 11.2. The summed E-state index contributed by atoms with van der Waals surface area (Å²) < 4.78 is 0. The number of hydrogen-bond acceptors (Lipinski definition) is 3. The summed E-state index contributed by atoms with van der Waals surface area (Å²) in [6.07, 6.45) is 4.63. The van der Waals surface area contributed by atoms with Crippen molar-refractivity contribution in [2.75, 3.05) is 0 Å². The second-order valence-corrected chi connectivity index (χ2v) is 13.0. The summed E-state index contributed by atoms with van der Waals surface area (Å²) in [6, 6.07) is 58.3. The molecule has 2 aliphatic carbocycles. The zero-order valence-electron chi connectivity index (χ0n) is 27.3. The molecule has 9 rings (SSSR count). The van der Waals surface area contributed by atoms with E-state index in [1.807, 2.05) is 24.3 Å². The Labute approximate surface area is 287 Å². The van der Waals surface area contributed by atoms with E-state index >= 15 is 0 Å². The molecule has 0 amide bonds. The van der Waals surface area contributed by atoms with Crippen LogP contribution in [-0.2, 0) is 5.41 Å². The Kier molecular flexibility index (Phi) is 7.31. The van der Waals surface area contributed by atoms with Gasteiger partial charge in [0.25, 0.3) is 0 Å². The first-order valence-corrected chi connectivity index (χ1v) is 17.3. The third kappa shape index (κ3) is 5.01. The molecule has 0 saturated heterocycles. The minimum absolute atomic E-state index is 0.366. The fraction of sp³-hybridized carbons (Fsp3) is 0.109. The SMILES string of the molecule is c1ccc(-c2ccc(-c3nc(-c4ccccc4)nc(-c4ccc5c(c4)C(c4ccccc4)(c4ccccc4)C4=C5CCCC4)n3)cc2)cc1. The molecule has 6 aromatic carbocycles. The Bertz CT molecular complexity index is 2250. The van der Waals surface area contributed by atoms with Gasteiger partial charge in [-0.25, -0.2) is 15.0 Å². The van der Waals surface area contributed by atoms with Gasteiger partial charge in [-0.15, -0.1) is 0 Å². The van der Waals surface area contributed by atoms with Crippen LogP contribution in [0.4, 0.5) is 0 Å². The zero-order valence-corrected chi connectivity index (χ0v) is 27.3. The molecule has 3 nitrogen and oxygen atoms in total. The highest BCUT2D eigenvalue weighted by molar-refractivity contribution is 5.87. The maximum atomic E-state index is 5.18. The Morgan fingerprint density at radius 1 is 0.388 bits per heavy atom.